The number of likely N-dealkylation sites (N-methyl/N-ethyl adjacent to an activating group) is 1. The maximum atomic E-state index is 12.8. The number of amides is 1. The van der Waals surface area contributed by atoms with Crippen molar-refractivity contribution in [1.29, 1.82) is 0 Å². The first kappa shape index (κ1) is 20.0. The van der Waals surface area contributed by atoms with E-state index in [9.17, 15) is 4.79 Å². The van der Waals surface area contributed by atoms with Crippen LogP contribution in [-0.2, 0) is 4.79 Å². The summed E-state index contributed by atoms with van der Waals surface area (Å²) in [6.07, 6.45) is 8.26. The minimum atomic E-state index is 0.250. The number of nitrogens with zero attached hydrogens (tertiary/aromatic N) is 5. The normalized spacial score (nSPS) is 21.4. The number of hydrogen-bond acceptors (Lipinski definition) is 6. The molecule has 1 atom stereocenters. The van der Waals surface area contributed by atoms with Gasteiger partial charge in [-0.05, 0) is 51.3 Å². The van der Waals surface area contributed by atoms with E-state index in [1.807, 2.05) is 31.0 Å². The number of anilines is 1. The van der Waals surface area contributed by atoms with E-state index in [1.54, 1.807) is 0 Å². The van der Waals surface area contributed by atoms with Crippen LogP contribution in [0.4, 0.5) is 5.82 Å². The van der Waals surface area contributed by atoms with E-state index in [0.717, 1.165) is 49.9 Å². The van der Waals surface area contributed by atoms with Crippen LogP contribution in [0.1, 0.15) is 62.4 Å². The highest BCUT2D eigenvalue weighted by Gasteiger charge is 2.27. The molecular weight excluding hydrogens is 364 g/mol. The largest absolute Gasteiger partial charge is 0.383 e. The highest BCUT2D eigenvalue weighted by atomic mass is 16.2. The molecule has 2 aliphatic rings. The van der Waals surface area contributed by atoms with Crippen LogP contribution in [0.2, 0.25) is 0 Å². The first-order chi connectivity index (χ1) is 14.0. The maximum absolute atomic E-state index is 12.8. The molecule has 7 nitrogen and oxygen atoms in total. The summed E-state index contributed by atoms with van der Waals surface area (Å²) >= 11 is 0. The topological polar surface area (TPSA) is 88.2 Å². The number of fused-ring (bicyclic) bond motifs is 1. The Bertz CT molecular complexity index is 879. The van der Waals surface area contributed by atoms with Gasteiger partial charge in [-0.3, -0.25) is 9.69 Å². The van der Waals surface area contributed by atoms with Gasteiger partial charge in [0.15, 0.2) is 5.65 Å². The number of rotatable bonds is 4. The molecule has 1 saturated carbocycles. The monoisotopic (exact) mass is 396 g/mol. The van der Waals surface area contributed by atoms with Crippen LogP contribution in [0.3, 0.4) is 0 Å². The Hall–Kier alpha value is -2.28. The summed E-state index contributed by atoms with van der Waals surface area (Å²) in [5.74, 6) is 1.69. The summed E-state index contributed by atoms with van der Waals surface area (Å²) in [4.78, 5) is 30.6. The Kier molecular flexibility index (Phi) is 5.94. The molecule has 2 fully saturated rings. The summed E-state index contributed by atoms with van der Waals surface area (Å²) < 4.78 is 0. The molecule has 0 bridgehead atoms. The molecule has 2 aromatic heterocycles. The first-order valence-corrected chi connectivity index (χ1v) is 10.9. The van der Waals surface area contributed by atoms with Crippen molar-refractivity contribution in [2.45, 2.75) is 63.8 Å². The van der Waals surface area contributed by atoms with Crippen LogP contribution in [0, 0.1) is 6.92 Å². The second-order valence-corrected chi connectivity index (χ2v) is 8.63. The van der Waals surface area contributed by atoms with Crippen molar-refractivity contribution in [3.8, 4) is 0 Å². The van der Waals surface area contributed by atoms with Gasteiger partial charge < -0.3 is 10.6 Å². The van der Waals surface area contributed by atoms with Crippen LogP contribution in [0.15, 0.2) is 12.1 Å². The van der Waals surface area contributed by atoms with Crippen LogP contribution in [-0.4, -0.2) is 63.4 Å². The zero-order chi connectivity index (χ0) is 20.4. The van der Waals surface area contributed by atoms with Crippen molar-refractivity contribution in [1.82, 2.24) is 24.8 Å². The van der Waals surface area contributed by atoms with Crippen molar-refractivity contribution in [2.24, 2.45) is 0 Å². The zero-order valence-electron chi connectivity index (χ0n) is 17.6. The van der Waals surface area contributed by atoms with Crippen molar-refractivity contribution in [3.63, 3.8) is 0 Å². The standard InChI is InChI=1S/C22H32N6O/c1-15-24-21(23)18-10-11-19(26-22(18)25-15)16-7-6-12-28(13-16)14-20(29)27(2)17-8-4-3-5-9-17/h10-11,16-17H,3-9,12-14H2,1-2H3,(H2,23,24,25,26)/t16-/m1/s1. The summed E-state index contributed by atoms with van der Waals surface area (Å²) in [5, 5.41) is 0.802. The lowest BCUT2D eigenvalue weighted by Gasteiger charge is -2.36. The third-order valence-corrected chi connectivity index (χ3v) is 6.52. The van der Waals surface area contributed by atoms with Gasteiger partial charge in [-0.15, -0.1) is 0 Å². The summed E-state index contributed by atoms with van der Waals surface area (Å²) in [5.41, 5.74) is 7.71. The Morgan fingerprint density at radius 2 is 1.93 bits per heavy atom. The molecule has 0 radical (unpaired) electrons. The molecule has 29 heavy (non-hydrogen) atoms. The molecule has 3 heterocycles. The average molecular weight is 397 g/mol. The number of nitrogens with two attached hydrogens (primary N) is 1. The highest BCUT2D eigenvalue weighted by molar-refractivity contribution is 5.85. The van der Waals surface area contributed by atoms with Crippen molar-refractivity contribution in [3.05, 3.63) is 23.7 Å². The molecule has 1 amide bonds. The zero-order valence-corrected chi connectivity index (χ0v) is 17.6. The first-order valence-electron chi connectivity index (χ1n) is 10.9. The Morgan fingerprint density at radius 1 is 1.14 bits per heavy atom. The predicted molar refractivity (Wildman–Crippen MR) is 115 cm³/mol. The van der Waals surface area contributed by atoms with Gasteiger partial charge in [0, 0.05) is 31.2 Å². The fourth-order valence-corrected chi connectivity index (χ4v) is 4.80. The van der Waals surface area contributed by atoms with E-state index >= 15 is 0 Å². The number of likely N-dealkylation sites (tertiary alicyclic amines) is 1. The third-order valence-electron chi connectivity index (χ3n) is 6.52. The van der Waals surface area contributed by atoms with Crippen molar-refractivity contribution < 1.29 is 4.79 Å². The van der Waals surface area contributed by atoms with Gasteiger partial charge in [-0.25, -0.2) is 15.0 Å². The molecule has 2 N–H and O–H groups in total. The van der Waals surface area contributed by atoms with Crippen LogP contribution >= 0.6 is 0 Å². The summed E-state index contributed by atoms with van der Waals surface area (Å²) in [6.45, 7) is 4.18. The Balaban J connectivity index is 1.43. The van der Waals surface area contributed by atoms with Gasteiger partial charge in [0.1, 0.15) is 11.6 Å². The van der Waals surface area contributed by atoms with Gasteiger partial charge in [-0.2, -0.15) is 0 Å². The Morgan fingerprint density at radius 3 is 2.72 bits per heavy atom. The van der Waals surface area contributed by atoms with Crippen LogP contribution < -0.4 is 5.73 Å². The van der Waals surface area contributed by atoms with E-state index in [2.05, 4.69) is 14.9 Å². The molecule has 0 unspecified atom stereocenters. The van der Waals surface area contributed by atoms with Gasteiger partial charge in [0.05, 0.1) is 11.9 Å². The predicted octanol–water partition coefficient (Wildman–Crippen LogP) is 2.89. The van der Waals surface area contributed by atoms with Gasteiger partial charge in [-0.1, -0.05) is 19.3 Å². The maximum Gasteiger partial charge on any atom is 0.236 e. The quantitative estimate of drug-likeness (QED) is 0.855. The summed E-state index contributed by atoms with van der Waals surface area (Å²) in [6, 6.07) is 4.45. The molecule has 1 aliphatic carbocycles. The number of aryl methyl sites for hydroxylation is 1. The van der Waals surface area contributed by atoms with E-state index in [1.165, 1.54) is 19.3 Å². The van der Waals surface area contributed by atoms with Crippen molar-refractivity contribution in [2.75, 3.05) is 32.4 Å². The number of pyridine rings is 1. The number of hydrogen-bond donors (Lipinski definition) is 1. The average Bonchev–Trinajstić information content (AvgIpc) is 2.73. The molecule has 156 valence electrons. The minimum Gasteiger partial charge on any atom is -0.383 e. The third kappa shape index (κ3) is 4.50. The second-order valence-electron chi connectivity index (χ2n) is 8.63. The number of nitrogen functional groups attached to an aromatic ring is 1. The molecule has 1 saturated heterocycles. The van der Waals surface area contributed by atoms with E-state index in [0.29, 0.717) is 35.8 Å². The van der Waals surface area contributed by atoms with E-state index in [4.69, 9.17) is 10.7 Å². The second kappa shape index (κ2) is 8.61. The lowest BCUT2D eigenvalue weighted by Crippen LogP contribution is -2.46. The number of aromatic nitrogens is 3. The molecule has 7 heteroatoms. The highest BCUT2D eigenvalue weighted by Crippen LogP contribution is 2.28. The fraction of sp³-hybridized carbons (Fsp3) is 0.636. The molecule has 2 aromatic rings. The SMILES string of the molecule is Cc1nc(N)c2ccc([C@@H]3CCCN(CC(=O)N(C)C4CCCCC4)C3)nc2n1. The number of carbonyl (C=O) groups is 1. The summed E-state index contributed by atoms with van der Waals surface area (Å²) in [7, 11) is 1.98. The van der Waals surface area contributed by atoms with Gasteiger partial charge >= 0.3 is 0 Å². The van der Waals surface area contributed by atoms with Gasteiger partial charge in [0.25, 0.3) is 0 Å². The molecule has 0 aromatic carbocycles. The molecule has 1 aliphatic heterocycles. The smallest absolute Gasteiger partial charge is 0.236 e. The van der Waals surface area contributed by atoms with Crippen LogP contribution in [0.25, 0.3) is 11.0 Å². The van der Waals surface area contributed by atoms with Crippen molar-refractivity contribution >= 4 is 22.8 Å². The van der Waals surface area contributed by atoms with Crippen LogP contribution in [0.5, 0.6) is 0 Å². The molecule has 0 spiro atoms. The number of carbonyl (C=O) groups excluding carboxylic acids is 1. The van der Waals surface area contributed by atoms with E-state index < -0.39 is 0 Å². The minimum absolute atomic E-state index is 0.250. The van der Waals surface area contributed by atoms with E-state index in [-0.39, 0.29) is 5.91 Å². The fourth-order valence-electron chi connectivity index (χ4n) is 4.80. The van der Waals surface area contributed by atoms with Gasteiger partial charge in [0.2, 0.25) is 5.91 Å². The lowest BCUT2D eigenvalue weighted by molar-refractivity contribution is -0.134. The lowest BCUT2D eigenvalue weighted by atomic mass is 9.93. The Labute approximate surface area is 172 Å². The molecular formula is C22H32N6O. The molecule has 4 rings (SSSR count). The number of piperidine rings is 1.